The van der Waals surface area contributed by atoms with Crippen LogP contribution in [0.3, 0.4) is 0 Å². The molecule has 1 atom stereocenters. The van der Waals surface area contributed by atoms with Gasteiger partial charge in [-0.1, -0.05) is 18.2 Å². The van der Waals surface area contributed by atoms with E-state index in [9.17, 15) is 4.79 Å². The number of rotatable bonds is 4. The molecule has 4 heteroatoms. The van der Waals surface area contributed by atoms with Gasteiger partial charge in [-0.25, -0.2) is 0 Å². The third-order valence-electron chi connectivity index (χ3n) is 1.41. The van der Waals surface area contributed by atoms with E-state index in [1.807, 2.05) is 6.07 Å². The molecule has 1 unspecified atom stereocenters. The SMILES string of the molecule is O=C(O)C(Cl)COc1ccccc1. The van der Waals surface area contributed by atoms with E-state index in [0.29, 0.717) is 5.75 Å². The van der Waals surface area contributed by atoms with Gasteiger partial charge in [-0.2, -0.15) is 0 Å². The van der Waals surface area contributed by atoms with Crippen LogP contribution in [0.2, 0.25) is 0 Å². The maximum atomic E-state index is 10.3. The van der Waals surface area contributed by atoms with Gasteiger partial charge in [-0.15, -0.1) is 11.6 Å². The molecule has 0 spiro atoms. The fourth-order valence-electron chi connectivity index (χ4n) is 0.757. The lowest BCUT2D eigenvalue weighted by molar-refractivity contribution is -0.137. The van der Waals surface area contributed by atoms with Gasteiger partial charge in [0.15, 0.2) is 5.38 Å². The average Bonchev–Trinajstić information content (AvgIpc) is 2.15. The van der Waals surface area contributed by atoms with E-state index < -0.39 is 11.3 Å². The number of benzene rings is 1. The molecule has 0 saturated heterocycles. The highest BCUT2D eigenvalue weighted by Gasteiger charge is 2.13. The number of carboxylic acids is 1. The highest BCUT2D eigenvalue weighted by molar-refractivity contribution is 6.29. The van der Waals surface area contributed by atoms with Crippen LogP contribution in [0.4, 0.5) is 0 Å². The fraction of sp³-hybridized carbons (Fsp3) is 0.222. The number of halogens is 1. The molecule has 0 saturated carbocycles. The van der Waals surface area contributed by atoms with Crippen molar-refractivity contribution in [1.82, 2.24) is 0 Å². The van der Waals surface area contributed by atoms with E-state index in [1.54, 1.807) is 24.3 Å². The van der Waals surface area contributed by atoms with Gasteiger partial charge in [0, 0.05) is 0 Å². The Labute approximate surface area is 80.9 Å². The largest absolute Gasteiger partial charge is 0.491 e. The number of ether oxygens (including phenoxy) is 1. The molecule has 0 fully saturated rings. The number of para-hydroxylation sites is 1. The van der Waals surface area contributed by atoms with Crippen molar-refractivity contribution < 1.29 is 14.6 Å². The van der Waals surface area contributed by atoms with Gasteiger partial charge in [0.25, 0.3) is 0 Å². The second-order valence-corrected chi connectivity index (χ2v) is 2.96. The van der Waals surface area contributed by atoms with E-state index >= 15 is 0 Å². The van der Waals surface area contributed by atoms with E-state index in [1.165, 1.54) is 0 Å². The molecule has 0 bridgehead atoms. The van der Waals surface area contributed by atoms with E-state index in [0.717, 1.165) is 0 Å². The topological polar surface area (TPSA) is 46.5 Å². The summed E-state index contributed by atoms with van der Waals surface area (Å²) < 4.78 is 5.12. The Morgan fingerprint density at radius 2 is 2.08 bits per heavy atom. The minimum atomic E-state index is -1.07. The van der Waals surface area contributed by atoms with Crippen LogP contribution in [0, 0.1) is 0 Å². The third-order valence-corrected chi connectivity index (χ3v) is 1.72. The molecule has 0 aliphatic heterocycles. The molecule has 1 aromatic rings. The Kier molecular flexibility index (Phi) is 3.58. The summed E-state index contributed by atoms with van der Waals surface area (Å²) >= 11 is 5.44. The number of aliphatic carboxylic acids is 1. The molecule has 3 nitrogen and oxygen atoms in total. The fourth-order valence-corrected chi connectivity index (χ4v) is 0.820. The van der Waals surface area contributed by atoms with Crippen LogP contribution in [-0.4, -0.2) is 23.1 Å². The Morgan fingerprint density at radius 3 is 2.62 bits per heavy atom. The maximum absolute atomic E-state index is 10.3. The Balaban J connectivity index is 2.39. The van der Waals surface area contributed by atoms with Crippen LogP contribution >= 0.6 is 11.6 Å². The summed E-state index contributed by atoms with van der Waals surface area (Å²) in [6.45, 7) is -0.0269. The lowest BCUT2D eigenvalue weighted by Crippen LogP contribution is -2.21. The van der Waals surface area contributed by atoms with Gasteiger partial charge >= 0.3 is 5.97 Å². The van der Waals surface area contributed by atoms with Crippen LogP contribution < -0.4 is 4.74 Å². The molecular formula is C9H9ClO3. The first kappa shape index (κ1) is 9.86. The van der Waals surface area contributed by atoms with E-state index in [2.05, 4.69) is 0 Å². The number of hydrogen-bond donors (Lipinski definition) is 1. The summed E-state index contributed by atoms with van der Waals surface area (Å²) in [7, 11) is 0. The van der Waals surface area contributed by atoms with E-state index in [-0.39, 0.29) is 6.61 Å². The van der Waals surface area contributed by atoms with Gasteiger partial charge in [0.05, 0.1) is 0 Å². The Morgan fingerprint density at radius 1 is 1.46 bits per heavy atom. The number of alkyl halides is 1. The maximum Gasteiger partial charge on any atom is 0.325 e. The van der Waals surface area contributed by atoms with Crippen LogP contribution in [0.15, 0.2) is 30.3 Å². The van der Waals surface area contributed by atoms with Crippen molar-refractivity contribution in [2.75, 3.05) is 6.61 Å². The van der Waals surface area contributed by atoms with Crippen molar-refractivity contribution in [3.05, 3.63) is 30.3 Å². The quantitative estimate of drug-likeness (QED) is 0.754. The normalized spacial score (nSPS) is 12.1. The molecule has 0 aliphatic carbocycles. The van der Waals surface area contributed by atoms with Crippen molar-refractivity contribution in [3.63, 3.8) is 0 Å². The Bertz CT molecular complexity index is 273. The van der Waals surface area contributed by atoms with Crippen LogP contribution in [-0.2, 0) is 4.79 Å². The summed E-state index contributed by atoms with van der Waals surface area (Å²) in [5, 5.41) is 7.45. The van der Waals surface area contributed by atoms with Crippen LogP contribution in [0.5, 0.6) is 5.75 Å². The smallest absolute Gasteiger partial charge is 0.325 e. The molecule has 70 valence electrons. The van der Waals surface area contributed by atoms with Crippen molar-refractivity contribution in [1.29, 1.82) is 0 Å². The van der Waals surface area contributed by atoms with Crippen molar-refractivity contribution in [2.45, 2.75) is 5.38 Å². The monoisotopic (exact) mass is 200 g/mol. The molecule has 0 aromatic heterocycles. The second-order valence-electron chi connectivity index (χ2n) is 2.43. The standard InChI is InChI=1S/C9H9ClO3/c10-8(9(11)12)6-13-7-4-2-1-3-5-7/h1-5,8H,6H2,(H,11,12). The van der Waals surface area contributed by atoms with Gasteiger partial charge in [0.2, 0.25) is 0 Å². The summed E-state index contributed by atoms with van der Waals surface area (Å²) in [6, 6.07) is 8.94. The summed E-state index contributed by atoms with van der Waals surface area (Å²) in [5.74, 6) is -0.452. The van der Waals surface area contributed by atoms with Crippen molar-refractivity contribution in [3.8, 4) is 5.75 Å². The molecule has 1 aromatic carbocycles. The summed E-state index contributed by atoms with van der Waals surface area (Å²) in [6.07, 6.45) is 0. The number of carboxylic acid groups (broad SMARTS) is 1. The van der Waals surface area contributed by atoms with Crippen LogP contribution in [0.25, 0.3) is 0 Å². The predicted molar refractivity (Wildman–Crippen MR) is 49.2 cm³/mol. The first-order valence-electron chi connectivity index (χ1n) is 3.75. The third kappa shape index (κ3) is 3.34. The minimum Gasteiger partial charge on any atom is -0.491 e. The molecule has 0 heterocycles. The van der Waals surface area contributed by atoms with Crippen molar-refractivity contribution >= 4 is 17.6 Å². The predicted octanol–water partition coefficient (Wildman–Crippen LogP) is 1.76. The zero-order chi connectivity index (χ0) is 9.68. The molecule has 1 N–H and O–H groups in total. The highest BCUT2D eigenvalue weighted by atomic mass is 35.5. The molecule has 13 heavy (non-hydrogen) atoms. The lowest BCUT2D eigenvalue weighted by Gasteiger charge is -2.06. The lowest BCUT2D eigenvalue weighted by atomic mass is 10.3. The molecule has 0 aliphatic rings. The first-order chi connectivity index (χ1) is 6.20. The molecule has 1 rings (SSSR count). The second kappa shape index (κ2) is 4.72. The zero-order valence-corrected chi connectivity index (χ0v) is 7.57. The van der Waals surface area contributed by atoms with E-state index in [4.69, 9.17) is 21.4 Å². The van der Waals surface area contributed by atoms with Gasteiger partial charge in [0.1, 0.15) is 12.4 Å². The van der Waals surface area contributed by atoms with Gasteiger partial charge in [-0.3, -0.25) is 4.79 Å². The zero-order valence-electron chi connectivity index (χ0n) is 6.81. The molecule has 0 amide bonds. The van der Waals surface area contributed by atoms with Crippen molar-refractivity contribution in [2.24, 2.45) is 0 Å². The Hall–Kier alpha value is -1.22. The summed E-state index contributed by atoms with van der Waals surface area (Å²) in [5.41, 5.74) is 0. The highest BCUT2D eigenvalue weighted by Crippen LogP contribution is 2.09. The van der Waals surface area contributed by atoms with Gasteiger partial charge in [-0.05, 0) is 12.1 Å². The van der Waals surface area contributed by atoms with Gasteiger partial charge < -0.3 is 9.84 Å². The molecular weight excluding hydrogens is 192 g/mol. The first-order valence-corrected chi connectivity index (χ1v) is 4.18. The van der Waals surface area contributed by atoms with Crippen LogP contribution in [0.1, 0.15) is 0 Å². The summed E-state index contributed by atoms with van der Waals surface area (Å²) in [4.78, 5) is 10.3. The minimum absolute atomic E-state index is 0.0269. The average molecular weight is 201 g/mol. The molecule has 0 radical (unpaired) electrons. The number of carbonyl (C=O) groups is 1. The number of hydrogen-bond acceptors (Lipinski definition) is 2.